The van der Waals surface area contributed by atoms with Crippen LogP contribution in [0.15, 0.2) is 18.2 Å². The second-order valence-electron chi connectivity index (χ2n) is 5.42. The molecule has 1 N–H and O–H groups in total. The van der Waals surface area contributed by atoms with E-state index in [0.29, 0.717) is 18.0 Å². The molecule has 1 rings (SSSR count). The SMILES string of the molecule is Cc1cccc(C(=O)N(CC(C)C)C(C)C)c1O. The lowest BCUT2D eigenvalue weighted by Gasteiger charge is -2.29. The van der Waals surface area contributed by atoms with Crippen LogP contribution in [0, 0.1) is 12.8 Å². The third-order valence-corrected chi connectivity index (χ3v) is 2.91. The van der Waals surface area contributed by atoms with Gasteiger partial charge in [-0.15, -0.1) is 0 Å². The first-order chi connectivity index (χ1) is 8.34. The van der Waals surface area contributed by atoms with E-state index in [4.69, 9.17) is 0 Å². The van der Waals surface area contributed by atoms with Crippen molar-refractivity contribution in [2.45, 2.75) is 40.7 Å². The Hall–Kier alpha value is -1.51. The highest BCUT2D eigenvalue weighted by Gasteiger charge is 2.22. The highest BCUT2D eigenvalue weighted by Crippen LogP contribution is 2.24. The molecule has 0 aliphatic rings. The largest absolute Gasteiger partial charge is 0.507 e. The predicted octanol–water partition coefficient (Wildman–Crippen LogP) is 3.21. The van der Waals surface area contributed by atoms with Gasteiger partial charge in [0, 0.05) is 12.6 Å². The molecular weight excluding hydrogens is 226 g/mol. The molecule has 0 heterocycles. The first-order valence-corrected chi connectivity index (χ1v) is 6.44. The van der Waals surface area contributed by atoms with Crippen molar-refractivity contribution >= 4 is 5.91 Å². The molecule has 0 aliphatic heterocycles. The molecule has 1 amide bonds. The zero-order chi connectivity index (χ0) is 13.9. The minimum Gasteiger partial charge on any atom is -0.507 e. The van der Waals surface area contributed by atoms with Gasteiger partial charge in [0.25, 0.3) is 5.91 Å². The zero-order valence-corrected chi connectivity index (χ0v) is 11.9. The van der Waals surface area contributed by atoms with Gasteiger partial charge in [0.05, 0.1) is 5.56 Å². The number of aryl methyl sites for hydroxylation is 1. The summed E-state index contributed by atoms with van der Waals surface area (Å²) < 4.78 is 0. The molecule has 3 heteroatoms. The van der Waals surface area contributed by atoms with Crippen molar-refractivity contribution in [3.8, 4) is 5.75 Å². The Morgan fingerprint density at radius 3 is 2.39 bits per heavy atom. The van der Waals surface area contributed by atoms with Crippen LogP contribution >= 0.6 is 0 Å². The summed E-state index contributed by atoms with van der Waals surface area (Å²) in [6.07, 6.45) is 0. The standard InChI is InChI=1S/C15H23NO2/c1-10(2)9-16(11(3)4)15(18)13-8-6-7-12(5)14(13)17/h6-8,10-11,17H,9H2,1-5H3. The van der Waals surface area contributed by atoms with Crippen LogP contribution in [0.1, 0.15) is 43.6 Å². The fourth-order valence-corrected chi connectivity index (χ4v) is 1.91. The number of phenols is 1. The van der Waals surface area contributed by atoms with E-state index in [2.05, 4.69) is 13.8 Å². The van der Waals surface area contributed by atoms with Crippen LogP contribution in [-0.4, -0.2) is 28.5 Å². The molecule has 18 heavy (non-hydrogen) atoms. The zero-order valence-electron chi connectivity index (χ0n) is 11.9. The van der Waals surface area contributed by atoms with Gasteiger partial charge in [0.15, 0.2) is 0 Å². The Bertz CT molecular complexity index is 425. The fraction of sp³-hybridized carbons (Fsp3) is 0.533. The van der Waals surface area contributed by atoms with E-state index in [1.165, 1.54) is 0 Å². The average Bonchev–Trinajstić information content (AvgIpc) is 2.28. The molecule has 0 fully saturated rings. The van der Waals surface area contributed by atoms with Crippen LogP contribution in [0.25, 0.3) is 0 Å². The molecule has 0 aliphatic carbocycles. The number of phenolic OH excluding ortho intramolecular Hbond substituents is 1. The summed E-state index contributed by atoms with van der Waals surface area (Å²) in [5.41, 5.74) is 1.12. The number of aromatic hydroxyl groups is 1. The van der Waals surface area contributed by atoms with Crippen LogP contribution in [0.4, 0.5) is 0 Å². The van der Waals surface area contributed by atoms with E-state index in [0.717, 1.165) is 5.56 Å². The van der Waals surface area contributed by atoms with Crippen molar-refractivity contribution in [2.75, 3.05) is 6.54 Å². The number of hydrogen-bond acceptors (Lipinski definition) is 2. The summed E-state index contributed by atoms with van der Waals surface area (Å²) in [5.74, 6) is 0.403. The summed E-state index contributed by atoms with van der Waals surface area (Å²) in [6, 6.07) is 5.41. The third-order valence-electron chi connectivity index (χ3n) is 2.91. The Balaban J connectivity index is 3.06. The molecule has 1 aromatic carbocycles. The minimum atomic E-state index is -0.0973. The van der Waals surface area contributed by atoms with E-state index >= 15 is 0 Å². The summed E-state index contributed by atoms with van der Waals surface area (Å²) in [5, 5.41) is 9.99. The summed E-state index contributed by atoms with van der Waals surface area (Å²) in [4.78, 5) is 14.3. The van der Waals surface area contributed by atoms with Gasteiger partial charge in [-0.25, -0.2) is 0 Å². The molecule has 0 bridgehead atoms. The molecule has 3 nitrogen and oxygen atoms in total. The molecule has 0 spiro atoms. The van der Waals surface area contributed by atoms with Crippen molar-refractivity contribution in [1.82, 2.24) is 4.90 Å². The first kappa shape index (κ1) is 14.6. The molecule has 1 aromatic rings. The maximum absolute atomic E-state index is 12.5. The Kier molecular flexibility index (Phi) is 4.76. The maximum atomic E-state index is 12.5. The number of carbonyl (C=O) groups excluding carboxylic acids is 1. The van der Waals surface area contributed by atoms with Gasteiger partial charge in [0.1, 0.15) is 5.75 Å². The predicted molar refractivity (Wildman–Crippen MR) is 73.9 cm³/mol. The van der Waals surface area contributed by atoms with Crippen LogP contribution < -0.4 is 0 Å². The number of carbonyl (C=O) groups is 1. The summed E-state index contributed by atoms with van der Waals surface area (Å²) in [6.45, 7) is 10.6. The number of amides is 1. The van der Waals surface area contributed by atoms with Crippen LogP contribution in [-0.2, 0) is 0 Å². The van der Waals surface area contributed by atoms with E-state index in [-0.39, 0.29) is 17.7 Å². The number of rotatable bonds is 4. The topological polar surface area (TPSA) is 40.5 Å². The summed E-state index contributed by atoms with van der Waals surface area (Å²) in [7, 11) is 0. The van der Waals surface area contributed by atoms with Crippen molar-refractivity contribution in [2.24, 2.45) is 5.92 Å². The quantitative estimate of drug-likeness (QED) is 0.890. The monoisotopic (exact) mass is 249 g/mol. The van der Waals surface area contributed by atoms with Gasteiger partial charge in [-0.3, -0.25) is 4.79 Å². The van der Waals surface area contributed by atoms with Crippen molar-refractivity contribution < 1.29 is 9.90 Å². The molecule has 0 atom stereocenters. The molecule has 0 unspecified atom stereocenters. The molecule has 100 valence electrons. The second-order valence-corrected chi connectivity index (χ2v) is 5.42. The van der Waals surface area contributed by atoms with Crippen LogP contribution in [0.3, 0.4) is 0 Å². The lowest BCUT2D eigenvalue weighted by molar-refractivity contribution is 0.0678. The van der Waals surface area contributed by atoms with E-state index in [1.807, 2.05) is 13.8 Å². The number of benzene rings is 1. The second kappa shape index (κ2) is 5.89. The molecule has 0 saturated carbocycles. The lowest BCUT2D eigenvalue weighted by atomic mass is 10.1. The third kappa shape index (κ3) is 3.25. The maximum Gasteiger partial charge on any atom is 0.257 e. The number of hydrogen-bond donors (Lipinski definition) is 1. The average molecular weight is 249 g/mol. The Labute approximate surface area is 109 Å². The van der Waals surface area contributed by atoms with Crippen LogP contribution in [0.2, 0.25) is 0 Å². The molecule has 0 saturated heterocycles. The van der Waals surface area contributed by atoms with Gasteiger partial charge >= 0.3 is 0 Å². The first-order valence-electron chi connectivity index (χ1n) is 6.44. The summed E-state index contributed by atoms with van der Waals surface area (Å²) >= 11 is 0. The highest BCUT2D eigenvalue weighted by atomic mass is 16.3. The lowest BCUT2D eigenvalue weighted by Crippen LogP contribution is -2.39. The minimum absolute atomic E-state index is 0.0944. The van der Waals surface area contributed by atoms with Gasteiger partial charge in [-0.2, -0.15) is 0 Å². The Morgan fingerprint density at radius 2 is 1.89 bits per heavy atom. The van der Waals surface area contributed by atoms with Gasteiger partial charge in [-0.05, 0) is 38.3 Å². The van der Waals surface area contributed by atoms with Gasteiger partial charge in [-0.1, -0.05) is 26.0 Å². The molecule has 0 aromatic heterocycles. The Morgan fingerprint density at radius 1 is 1.28 bits per heavy atom. The van der Waals surface area contributed by atoms with E-state index in [1.54, 1.807) is 30.0 Å². The van der Waals surface area contributed by atoms with Crippen molar-refractivity contribution in [1.29, 1.82) is 0 Å². The molecular formula is C15H23NO2. The van der Waals surface area contributed by atoms with Crippen molar-refractivity contribution in [3.05, 3.63) is 29.3 Å². The smallest absolute Gasteiger partial charge is 0.257 e. The fourth-order valence-electron chi connectivity index (χ4n) is 1.91. The molecule has 0 radical (unpaired) electrons. The number of nitrogens with zero attached hydrogens (tertiary/aromatic N) is 1. The van der Waals surface area contributed by atoms with Gasteiger partial charge < -0.3 is 10.0 Å². The highest BCUT2D eigenvalue weighted by molar-refractivity contribution is 5.97. The van der Waals surface area contributed by atoms with Gasteiger partial charge in [0.2, 0.25) is 0 Å². The van der Waals surface area contributed by atoms with E-state index < -0.39 is 0 Å². The number of para-hydroxylation sites is 1. The van der Waals surface area contributed by atoms with Crippen LogP contribution in [0.5, 0.6) is 5.75 Å². The van der Waals surface area contributed by atoms with Crippen molar-refractivity contribution in [3.63, 3.8) is 0 Å². The normalized spacial score (nSPS) is 11.1. The van der Waals surface area contributed by atoms with E-state index in [9.17, 15) is 9.90 Å².